The molecule has 0 fully saturated rings. The molecule has 2 aromatic heterocycles. The molecule has 0 N–H and O–H groups in total. The summed E-state index contributed by atoms with van der Waals surface area (Å²) >= 11 is 0. The highest BCUT2D eigenvalue weighted by molar-refractivity contribution is 6.05. The molecule has 0 radical (unpaired) electrons. The minimum Gasteiger partial charge on any atom is -0.264 e. The summed E-state index contributed by atoms with van der Waals surface area (Å²) in [6.45, 7) is 4.68. The van der Waals surface area contributed by atoms with Crippen molar-refractivity contribution in [2.75, 3.05) is 0 Å². The molecule has 10 rings (SSSR count). The van der Waals surface area contributed by atoms with Crippen LogP contribution in [-0.2, 0) is 5.41 Å². The fourth-order valence-electron chi connectivity index (χ4n) is 8.34. The van der Waals surface area contributed by atoms with Crippen molar-refractivity contribution in [3.05, 3.63) is 199 Å². The van der Waals surface area contributed by atoms with E-state index in [0.29, 0.717) is 5.82 Å². The summed E-state index contributed by atoms with van der Waals surface area (Å²) in [5, 5.41) is 2.34. The molecule has 3 nitrogen and oxygen atoms in total. The predicted octanol–water partition coefficient (Wildman–Crippen LogP) is 13.3. The molecular weight excluding hydrogens is 667 g/mol. The number of benzene rings is 7. The topological polar surface area (TPSA) is 38.7 Å². The van der Waals surface area contributed by atoms with Crippen molar-refractivity contribution in [1.29, 1.82) is 0 Å². The monoisotopic (exact) mass is 703 g/mol. The Balaban J connectivity index is 1.04. The summed E-state index contributed by atoms with van der Waals surface area (Å²) < 4.78 is 0. The second kappa shape index (κ2) is 13.2. The van der Waals surface area contributed by atoms with E-state index in [0.717, 1.165) is 44.6 Å². The molecule has 1 aliphatic carbocycles. The molecule has 0 saturated carbocycles. The molecule has 0 aliphatic heterocycles. The molecule has 0 unspecified atom stereocenters. The van der Waals surface area contributed by atoms with Crippen molar-refractivity contribution in [2.24, 2.45) is 0 Å². The van der Waals surface area contributed by atoms with Crippen LogP contribution in [-0.4, -0.2) is 15.0 Å². The lowest BCUT2D eigenvalue weighted by molar-refractivity contribution is 0.660. The zero-order chi connectivity index (χ0) is 36.9. The quantitative estimate of drug-likeness (QED) is 0.173. The maximum atomic E-state index is 5.20. The van der Waals surface area contributed by atoms with Gasteiger partial charge in [-0.15, -0.1) is 0 Å². The highest BCUT2D eigenvalue weighted by Crippen LogP contribution is 2.49. The first-order chi connectivity index (χ1) is 27.0. The van der Waals surface area contributed by atoms with E-state index in [1.807, 2.05) is 30.5 Å². The first-order valence-corrected chi connectivity index (χ1v) is 18.8. The van der Waals surface area contributed by atoms with Crippen molar-refractivity contribution in [3.63, 3.8) is 0 Å². The lowest BCUT2D eigenvalue weighted by Gasteiger charge is -2.22. The second-order valence-corrected chi connectivity index (χ2v) is 14.9. The average molecular weight is 704 g/mol. The molecule has 1 aliphatic rings. The van der Waals surface area contributed by atoms with Gasteiger partial charge in [-0.2, -0.15) is 0 Å². The number of aromatic nitrogens is 3. The summed E-state index contributed by atoms with van der Waals surface area (Å²) in [6.07, 6.45) is 3.70. The number of rotatable bonds is 6. The molecule has 0 saturated heterocycles. The Labute approximate surface area is 321 Å². The van der Waals surface area contributed by atoms with Gasteiger partial charge in [0, 0.05) is 40.1 Å². The third-order valence-electron chi connectivity index (χ3n) is 11.2. The standard InChI is InChI=1S/C52H37N3/c1-52(2)47-20-9-8-19-44(47)45-26-25-38(31-48(45)52)34-21-23-35(24-22-34)41-27-28-46(43-18-7-6-17-42(41)43)50-32-49(54-51(55-50)36-12-4-3-5-13-36)39-15-10-14-37(30-39)40-16-11-29-53-33-40/h3-33H,1-2H3. The van der Waals surface area contributed by atoms with E-state index < -0.39 is 0 Å². The number of hydrogen-bond acceptors (Lipinski definition) is 3. The van der Waals surface area contributed by atoms with Crippen LogP contribution in [0.5, 0.6) is 0 Å². The first-order valence-electron chi connectivity index (χ1n) is 18.8. The zero-order valence-electron chi connectivity index (χ0n) is 30.7. The Morgan fingerprint density at radius 1 is 0.364 bits per heavy atom. The van der Waals surface area contributed by atoms with Crippen molar-refractivity contribution in [2.45, 2.75) is 19.3 Å². The fraction of sp³-hybridized carbons (Fsp3) is 0.0577. The van der Waals surface area contributed by atoms with E-state index in [1.165, 1.54) is 49.9 Å². The third-order valence-corrected chi connectivity index (χ3v) is 11.2. The van der Waals surface area contributed by atoms with Gasteiger partial charge in [-0.05, 0) is 85.1 Å². The van der Waals surface area contributed by atoms with Gasteiger partial charge in [0.25, 0.3) is 0 Å². The van der Waals surface area contributed by atoms with E-state index in [1.54, 1.807) is 6.20 Å². The van der Waals surface area contributed by atoms with Crippen LogP contribution >= 0.6 is 0 Å². The maximum Gasteiger partial charge on any atom is 0.160 e. The van der Waals surface area contributed by atoms with E-state index in [-0.39, 0.29) is 5.41 Å². The van der Waals surface area contributed by atoms with Crippen LogP contribution in [0.1, 0.15) is 25.0 Å². The van der Waals surface area contributed by atoms with E-state index in [4.69, 9.17) is 9.97 Å². The molecule has 0 atom stereocenters. The van der Waals surface area contributed by atoms with Crippen molar-refractivity contribution >= 4 is 10.8 Å². The fourth-order valence-corrected chi connectivity index (χ4v) is 8.34. The molecular formula is C52H37N3. The Morgan fingerprint density at radius 2 is 0.964 bits per heavy atom. The second-order valence-electron chi connectivity index (χ2n) is 14.9. The highest BCUT2D eigenvalue weighted by atomic mass is 14.9. The molecule has 7 aromatic carbocycles. The minimum absolute atomic E-state index is 0.0290. The lowest BCUT2D eigenvalue weighted by atomic mass is 9.81. The molecule has 55 heavy (non-hydrogen) atoms. The van der Waals surface area contributed by atoms with Crippen LogP contribution in [0.25, 0.3) is 89.2 Å². The van der Waals surface area contributed by atoms with Crippen LogP contribution in [0.4, 0.5) is 0 Å². The van der Waals surface area contributed by atoms with Crippen LogP contribution in [0.3, 0.4) is 0 Å². The molecule has 0 spiro atoms. The molecule has 0 amide bonds. The van der Waals surface area contributed by atoms with Crippen molar-refractivity contribution in [1.82, 2.24) is 15.0 Å². The van der Waals surface area contributed by atoms with Gasteiger partial charge >= 0.3 is 0 Å². The van der Waals surface area contributed by atoms with Crippen molar-refractivity contribution < 1.29 is 0 Å². The number of hydrogen-bond donors (Lipinski definition) is 0. The lowest BCUT2D eigenvalue weighted by Crippen LogP contribution is -2.14. The zero-order valence-corrected chi connectivity index (χ0v) is 30.7. The van der Waals surface area contributed by atoms with Gasteiger partial charge in [-0.3, -0.25) is 4.98 Å². The Kier molecular flexibility index (Phi) is 7.81. The number of nitrogens with zero attached hydrogens (tertiary/aromatic N) is 3. The Morgan fingerprint density at radius 3 is 1.78 bits per heavy atom. The minimum atomic E-state index is -0.0290. The predicted molar refractivity (Wildman–Crippen MR) is 228 cm³/mol. The summed E-state index contributed by atoms with van der Waals surface area (Å²) in [6, 6.07) is 62.9. The third kappa shape index (κ3) is 5.73. The van der Waals surface area contributed by atoms with E-state index in [9.17, 15) is 0 Å². The van der Waals surface area contributed by atoms with E-state index >= 15 is 0 Å². The average Bonchev–Trinajstić information content (AvgIpc) is 3.49. The number of pyridine rings is 1. The normalized spacial score (nSPS) is 12.7. The summed E-state index contributed by atoms with van der Waals surface area (Å²) in [5.41, 5.74) is 17.3. The largest absolute Gasteiger partial charge is 0.264 e. The van der Waals surface area contributed by atoms with Gasteiger partial charge < -0.3 is 0 Å². The highest BCUT2D eigenvalue weighted by Gasteiger charge is 2.35. The smallest absolute Gasteiger partial charge is 0.160 e. The Hall–Kier alpha value is -6.97. The van der Waals surface area contributed by atoms with Gasteiger partial charge in [0.05, 0.1) is 11.4 Å². The van der Waals surface area contributed by atoms with Gasteiger partial charge in [0.2, 0.25) is 0 Å². The maximum absolute atomic E-state index is 5.20. The van der Waals surface area contributed by atoms with Crippen LogP contribution < -0.4 is 0 Å². The Bertz CT molecular complexity index is 2870. The van der Waals surface area contributed by atoms with Gasteiger partial charge in [-0.25, -0.2) is 9.97 Å². The molecule has 260 valence electrons. The van der Waals surface area contributed by atoms with Crippen LogP contribution in [0.15, 0.2) is 188 Å². The van der Waals surface area contributed by atoms with Crippen LogP contribution in [0.2, 0.25) is 0 Å². The van der Waals surface area contributed by atoms with Crippen molar-refractivity contribution in [3.8, 4) is 78.4 Å². The summed E-state index contributed by atoms with van der Waals surface area (Å²) in [4.78, 5) is 14.7. The molecule has 3 heteroatoms. The molecule has 0 bridgehead atoms. The first kappa shape index (κ1) is 32.7. The van der Waals surface area contributed by atoms with Crippen LogP contribution in [0, 0.1) is 0 Å². The SMILES string of the molecule is CC1(C)c2ccccc2-c2ccc(-c3ccc(-c4ccc(-c5cc(-c6cccc(-c7cccnc7)c6)nc(-c6ccccc6)n5)c5ccccc45)cc3)cc21. The molecule has 2 heterocycles. The van der Waals surface area contributed by atoms with E-state index in [2.05, 4.69) is 170 Å². The summed E-state index contributed by atoms with van der Waals surface area (Å²) in [7, 11) is 0. The summed E-state index contributed by atoms with van der Waals surface area (Å²) in [5.74, 6) is 0.697. The van der Waals surface area contributed by atoms with Gasteiger partial charge in [0.15, 0.2) is 5.82 Å². The van der Waals surface area contributed by atoms with Gasteiger partial charge in [0.1, 0.15) is 0 Å². The molecule has 9 aromatic rings. The van der Waals surface area contributed by atoms with Gasteiger partial charge in [-0.1, -0.05) is 166 Å². The number of fused-ring (bicyclic) bond motifs is 4.